The fourth-order valence-electron chi connectivity index (χ4n) is 1.35. The van der Waals surface area contributed by atoms with E-state index >= 15 is 0 Å². The average molecular weight is 211 g/mol. The van der Waals surface area contributed by atoms with Crippen LogP contribution in [0.2, 0.25) is 0 Å². The lowest BCUT2D eigenvalue weighted by Gasteiger charge is -2.12. The van der Waals surface area contributed by atoms with E-state index in [1.165, 1.54) is 6.33 Å². The minimum Gasteiger partial charge on any atom is -0.395 e. The fraction of sp³-hybridized carbons (Fsp3) is 0.556. The summed E-state index contributed by atoms with van der Waals surface area (Å²) in [6, 6.07) is 0. The Bertz CT molecular complexity index is 305. The summed E-state index contributed by atoms with van der Waals surface area (Å²) in [5.74, 6) is 6.72. The Kier molecular flexibility index (Phi) is 4.79. The summed E-state index contributed by atoms with van der Waals surface area (Å²) in [4.78, 5) is 8.15. The van der Waals surface area contributed by atoms with Gasteiger partial charge in [-0.3, -0.25) is 0 Å². The molecule has 0 spiro atoms. The highest BCUT2D eigenvalue weighted by molar-refractivity contribution is 5.56. The first-order chi connectivity index (χ1) is 7.33. The molecule has 0 unspecified atom stereocenters. The first-order valence-electron chi connectivity index (χ1n) is 4.98. The first-order valence-corrected chi connectivity index (χ1v) is 4.98. The van der Waals surface area contributed by atoms with Crippen molar-refractivity contribution in [3.8, 4) is 0 Å². The lowest BCUT2D eigenvalue weighted by Crippen LogP contribution is -2.15. The summed E-state index contributed by atoms with van der Waals surface area (Å²) in [7, 11) is 0. The van der Waals surface area contributed by atoms with Crippen LogP contribution in [0.1, 0.15) is 18.9 Å². The Labute approximate surface area is 88.9 Å². The zero-order chi connectivity index (χ0) is 11.1. The number of aliphatic hydroxyl groups is 1. The van der Waals surface area contributed by atoms with Gasteiger partial charge in [-0.2, -0.15) is 0 Å². The normalized spacial score (nSPS) is 10.1. The molecule has 0 saturated carbocycles. The first kappa shape index (κ1) is 11.7. The molecule has 0 bridgehead atoms. The summed E-state index contributed by atoms with van der Waals surface area (Å²) < 4.78 is 0. The van der Waals surface area contributed by atoms with Gasteiger partial charge in [0.25, 0.3) is 0 Å². The van der Waals surface area contributed by atoms with Gasteiger partial charge in [0.15, 0.2) is 0 Å². The van der Waals surface area contributed by atoms with E-state index in [9.17, 15) is 0 Å². The van der Waals surface area contributed by atoms with Gasteiger partial charge < -0.3 is 15.8 Å². The lowest BCUT2D eigenvalue weighted by molar-refractivity contribution is 0.311. The molecule has 0 aliphatic rings. The summed E-state index contributed by atoms with van der Waals surface area (Å²) in [6.07, 6.45) is 3.26. The van der Waals surface area contributed by atoms with E-state index in [-0.39, 0.29) is 6.61 Å². The Morgan fingerprint density at radius 2 is 2.13 bits per heavy atom. The number of hydrogen-bond donors (Lipinski definition) is 4. The maximum Gasteiger partial charge on any atom is 0.148 e. The quantitative estimate of drug-likeness (QED) is 0.394. The predicted molar refractivity (Wildman–Crippen MR) is 59.4 cm³/mol. The number of nitrogens with two attached hydrogens (primary N) is 1. The van der Waals surface area contributed by atoms with Crippen LogP contribution in [0.3, 0.4) is 0 Å². The molecule has 5 N–H and O–H groups in total. The highest BCUT2D eigenvalue weighted by Gasteiger charge is 2.08. The molecule has 0 amide bonds. The van der Waals surface area contributed by atoms with Crippen LogP contribution in [0, 0.1) is 0 Å². The topological polar surface area (TPSA) is 96.1 Å². The number of hydrazine groups is 1. The van der Waals surface area contributed by atoms with Crippen molar-refractivity contribution in [2.45, 2.75) is 19.8 Å². The lowest BCUT2D eigenvalue weighted by atomic mass is 10.1. The van der Waals surface area contributed by atoms with E-state index in [1.807, 2.05) is 0 Å². The van der Waals surface area contributed by atoms with Gasteiger partial charge >= 0.3 is 0 Å². The minimum atomic E-state index is 0.0704. The predicted octanol–water partition coefficient (Wildman–Crippen LogP) is 0.119. The summed E-state index contributed by atoms with van der Waals surface area (Å²) in [5.41, 5.74) is 3.50. The molecule has 0 aromatic carbocycles. The van der Waals surface area contributed by atoms with E-state index < -0.39 is 0 Å². The minimum absolute atomic E-state index is 0.0704. The zero-order valence-electron chi connectivity index (χ0n) is 8.82. The number of aliphatic hydroxyl groups excluding tert-OH is 1. The second-order valence-electron chi connectivity index (χ2n) is 3.09. The molecule has 1 aromatic rings. The van der Waals surface area contributed by atoms with E-state index in [1.54, 1.807) is 0 Å². The van der Waals surface area contributed by atoms with Gasteiger partial charge in [0.2, 0.25) is 0 Å². The smallest absolute Gasteiger partial charge is 0.148 e. The van der Waals surface area contributed by atoms with Gasteiger partial charge in [-0.1, -0.05) is 13.3 Å². The number of nitrogens with one attached hydrogen (secondary N) is 2. The Morgan fingerprint density at radius 1 is 1.40 bits per heavy atom. The number of nitrogen functional groups attached to an aromatic ring is 1. The van der Waals surface area contributed by atoms with Crippen molar-refractivity contribution in [3.05, 3.63) is 11.9 Å². The van der Waals surface area contributed by atoms with Crippen LogP contribution in [-0.2, 0) is 6.42 Å². The second-order valence-corrected chi connectivity index (χ2v) is 3.09. The summed E-state index contributed by atoms with van der Waals surface area (Å²) in [5, 5.41) is 11.8. The molecule has 0 aliphatic carbocycles. The molecule has 0 aliphatic heterocycles. The van der Waals surface area contributed by atoms with Gasteiger partial charge in [0.05, 0.1) is 6.61 Å². The highest BCUT2D eigenvalue weighted by Crippen LogP contribution is 2.20. The van der Waals surface area contributed by atoms with E-state index in [0.29, 0.717) is 12.4 Å². The van der Waals surface area contributed by atoms with Crippen molar-refractivity contribution in [2.24, 2.45) is 5.84 Å². The van der Waals surface area contributed by atoms with Gasteiger partial charge in [-0.15, -0.1) is 0 Å². The third-order valence-corrected chi connectivity index (χ3v) is 1.99. The van der Waals surface area contributed by atoms with Gasteiger partial charge in [-0.05, 0) is 6.42 Å². The second kappa shape index (κ2) is 6.15. The summed E-state index contributed by atoms with van der Waals surface area (Å²) in [6.45, 7) is 2.61. The standard InChI is InChI=1S/C9H17N5O/c1-2-3-7-8(11-4-5-15)12-6-13-9(7)14-10/h6,15H,2-5,10H2,1H3,(H2,11,12,13,14). The molecule has 6 heteroatoms. The van der Waals surface area contributed by atoms with Crippen LogP contribution in [0.25, 0.3) is 0 Å². The van der Waals surface area contributed by atoms with Crippen molar-refractivity contribution in [1.29, 1.82) is 0 Å². The van der Waals surface area contributed by atoms with Crippen LogP contribution >= 0.6 is 0 Å². The number of nitrogens with zero attached hydrogens (tertiary/aromatic N) is 2. The van der Waals surface area contributed by atoms with Crippen LogP contribution < -0.4 is 16.6 Å². The van der Waals surface area contributed by atoms with Gasteiger partial charge in [0.1, 0.15) is 18.0 Å². The van der Waals surface area contributed by atoms with Crippen molar-refractivity contribution in [2.75, 3.05) is 23.9 Å². The Hall–Kier alpha value is -1.40. The third-order valence-electron chi connectivity index (χ3n) is 1.99. The maximum atomic E-state index is 8.73. The van der Waals surface area contributed by atoms with E-state index in [4.69, 9.17) is 10.9 Å². The number of anilines is 2. The van der Waals surface area contributed by atoms with Crippen molar-refractivity contribution in [1.82, 2.24) is 9.97 Å². The molecular formula is C9H17N5O. The maximum absolute atomic E-state index is 8.73. The number of aromatic nitrogens is 2. The van der Waals surface area contributed by atoms with Crippen molar-refractivity contribution < 1.29 is 5.11 Å². The number of hydrogen-bond acceptors (Lipinski definition) is 6. The van der Waals surface area contributed by atoms with E-state index in [0.717, 1.165) is 24.2 Å². The third kappa shape index (κ3) is 3.03. The number of rotatable bonds is 6. The molecule has 1 aromatic heterocycles. The van der Waals surface area contributed by atoms with Crippen LogP contribution in [0.15, 0.2) is 6.33 Å². The molecule has 15 heavy (non-hydrogen) atoms. The van der Waals surface area contributed by atoms with E-state index in [2.05, 4.69) is 27.6 Å². The van der Waals surface area contributed by atoms with Gasteiger partial charge in [-0.25, -0.2) is 15.8 Å². The molecule has 0 atom stereocenters. The largest absolute Gasteiger partial charge is 0.395 e. The van der Waals surface area contributed by atoms with Gasteiger partial charge in [0, 0.05) is 12.1 Å². The summed E-state index contributed by atoms with van der Waals surface area (Å²) >= 11 is 0. The monoisotopic (exact) mass is 211 g/mol. The molecule has 0 radical (unpaired) electrons. The molecule has 0 saturated heterocycles. The van der Waals surface area contributed by atoms with Crippen LogP contribution in [0.5, 0.6) is 0 Å². The highest BCUT2D eigenvalue weighted by atomic mass is 16.3. The zero-order valence-corrected chi connectivity index (χ0v) is 8.82. The van der Waals surface area contributed by atoms with Crippen LogP contribution in [-0.4, -0.2) is 28.2 Å². The van der Waals surface area contributed by atoms with Crippen molar-refractivity contribution >= 4 is 11.6 Å². The average Bonchev–Trinajstić information content (AvgIpc) is 2.28. The Balaban J connectivity index is 2.90. The molecule has 6 nitrogen and oxygen atoms in total. The molecule has 84 valence electrons. The molecule has 0 fully saturated rings. The molecule has 1 rings (SSSR count). The Morgan fingerprint density at radius 3 is 2.73 bits per heavy atom. The fourth-order valence-corrected chi connectivity index (χ4v) is 1.35. The molecular weight excluding hydrogens is 194 g/mol. The van der Waals surface area contributed by atoms with Crippen LogP contribution in [0.4, 0.5) is 11.6 Å². The van der Waals surface area contributed by atoms with Crippen molar-refractivity contribution in [3.63, 3.8) is 0 Å². The molecule has 1 heterocycles. The SMILES string of the molecule is CCCc1c(NN)ncnc1NCCO.